The fourth-order valence-electron chi connectivity index (χ4n) is 4.62. The van der Waals surface area contributed by atoms with E-state index in [2.05, 4.69) is 15.1 Å². The molecule has 2 aromatic heterocycles. The summed E-state index contributed by atoms with van der Waals surface area (Å²) in [5.41, 5.74) is 2.70. The number of pyridine rings is 1. The summed E-state index contributed by atoms with van der Waals surface area (Å²) in [4.78, 5) is 36.6. The van der Waals surface area contributed by atoms with E-state index in [1.807, 2.05) is 24.3 Å². The molecule has 0 aliphatic rings. The molecule has 0 radical (unpaired) electrons. The summed E-state index contributed by atoms with van der Waals surface area (Å²) in [6, 6.07) is 23.6. The van der Waals surface area contributed by atoms with Crippen LogP contribution in [0.1, 0.15) is 35.0 Å². The summed E-state index contributed by atoms with van der Waals surface area (Å²) in [5.74, 6) is -0.261. The molecule has 46 heavy (non-hydrogen) atoms. The normalized spacial score (nSPS) is 11.4. The number of rotatable bonds is 11. The number of aryl methyl sites for hydroxylation is 1. The number of carbonyl (C=O) groups excluding carboxylic acids is 1. The first-order valence-corrected chi connectivity index (χ1v) is 15.4. The molecule has 2 heterocycles. The van der Waals surface area contributed by atoms with Gasteiger partial charge >= 0.3 is 6.18 Å². The Kier molecular flexibility index (Phi) is 10.3. The van der Waals surface area contributed by atoms with E-state index >= 15 is 0 Å². The zero-order valence-electron chi connectivity index (χ0n) is 24.7. The number of alkyl halides is 3. The third-order valence-corrected chi connectivity index (χ3v) is 8.15. The number of benzene rings is 3. The lowest BCUT2D eigenvalue weighted by atomic mass is 10.0. The van der Waals surface area contributed by atoms with Crippen LogP contribution < -0.4 is 5.56 Å². The van der Waals surface area contributed by atoms with Crippen molar-refractivity contribution in [2.45, 2.75) is 50.1 Å². The highest BCUT2D eigenvalue weighted by Crippen LogP contribution is 2.31. The third-order valence-electron chi connectivity index (χ3n) is 7.11. The van der Waals surface area contributed by atoms with E-state index in [1.165, 1.54) is 40.7 Å². The van der Waals surface area contributed by atoms with Gasteiger partial charge in [0.15, 0.2) is 5.16 Å². The zero-order valence-corrected chi connectivity index (χ0v) is 25.6. The Hall–Kier alpha value is -4.84. The molecule has 0 bridgehead atoms. The van der Waals surface area contributed by atoms with Gasteiger partial charge in [-0.1, -0.05) is 73.3 Å². The predicted molar refractivity (Wildman–Crippen MR) is 167 cm³/mol. The first kappa shape index (κ1) is 32.6. The van der Waals surface area contributed by atoms with Crippen LogP contribution in [-0.2, 0) is 42.8 Å². The van der Waals surface area contributed by atoms with Gasteiger partial charge in [-0.15, -0.1) is 0 Å². The number of hydrogen-bond donors (Lipinski definition) is 0. The van der Waals surface area contributed by atoms with Crippen molar-refractivity contribution in [2.75, 3.05) is 0 Å². The highest BCUT2D eigenvalue weighted by molar-refractivity contribution is 7.98. The number of hydrogen-bond acceptors (Lipinski definition) is 6. The summed E-state index contributed by atoms with van der Waals surface area (Å²) >= 11 is 1.22. The minimum Gasteiger partial charge on any atom is -0.331 e. The number of thioether (sulfide) groups is 1. The second-order valence-corrected chi connectivity index (χ2v) is 11.4. The molecule has 0 spiro atoms. The minimum atomic E-state index is -4.41. The van der Waals surface area contributed by atoms with Crippen molar-refractivity contribution in [3.05, 3.63) is 141 Å². The second kappa shape index (κ2) is 14.5. The maximum Gasteiger partial charge on any atom is 0.416 e. The van der Waals surface area contributed by atoms with E-state index in [1.54, 1.807) is 48.4 Å². The maximum atomic E-state index is 13.9. The largest absolute Gasteiger partial charge is 0.416 e. The first-order chi connectivity index (χ1) is 22.1. The molecule has 236 valence electrons. The second-order valence-electron chi connectivity index (χ2n) is 10.4. The average Bonchev–Trinajstić information content (AvgIpc) is 3.05. The SMILES string of the molecule is CCc1nn(CC(=O)N(Cc2ccc(-c3ccc(C(F)(F)F)cc3)cc2)Cc2ccccn2)c(SCc2ccc(F)cc2)nc1=O. The predicted octanol–water partition coefficient (Wildman–Crippen LogP) is 6.94. The van der Waals surface area contributed by atoms with E-state index in [0.717, 1.165) is 28.8 Å². The van der Waals surface area contributed by atoms with Crippen molar-refractivity contribution in [3.8, 4) is 11.1 Å². The van der Waals surface area contributed by atoms with Gasteiger partial charge in [0, 0.05) is 18.5 Å². The van der Waals surface area contributed by atoms with Gasteiger partial charge in [-0.3, -0.25) is 14.6 Å². The van der Waals surface area contributed by atoms with E-state index in [9.17, 15) is 27.2 Å². The van der Waals surface area contributed by atoms with E-state index in [0.29, 0.717) is 23.4 Å². The van der Waals surface area contributed by atoms with Crippen molar-refractivity contribution in [1.29, 1.82) is 0 Å². The smallest absolute Gasteiger partial charge is 0.331 e. The zero-order chi connectivity index (χ0) is 32.7. The summed E-state index contributed by atoms with van der Waals surface area (Å²) < 4.78 is 53.7. The lowest BCUT2D eigenvalue weighted by Gasteiger charge is -2.24. The Bertz CT molecular complexity index is 1830. The molecule has 0 saturated heterocycles. The molecule has 5 aromatic rings. The van der Waals surface area contributed by atoms with E-state index in [4.69, 9.17) is 0 Å². The van der Waals surface area contributed by atoms with Crippen molar-refractivity contribution in [3.63, 3.8) is 0 Å². The molecule has 7 nitrogen and oxygen atoms in total. The van der Waals surface area contributed by atoms with Crippen LogP contribution in [0.2, 0.25) is 0 Å². The topological polar surface area (TPSA) is 81.0 Å². The molecule has 0 aliphatic heterocycles. The van der Waals surface area contributed by atoms with Gasteiger partial charge in [0.1, 0.15) is 18.1 Å². The molecule has 3 aromatic carbocycles. The van der Waals surface area contributed by atoms with Gasteiger partial charge in [0.2, 0.25) is 5.91 Å². The van der Waals surface area contributed by atoms with Crippen LogP contribution >= 0.6 is 11.8 Å². The van der Waals surface area contributed by atoms with Crippen molar-refractivity contribution in [1.82, 2.24) is 24.6 Å². The Labute approximate surface area is 267 Å². The fourth-order valence-corrected chi connectivity index (χ4v) is 5.51. The molecule has 0 saturated carbocycles. The summed E-state index contributed by atoms with van der Waals surface area (Å²) in [6.45, 7) is 2.01. The lowest BCUT2D eigenvalue weighted by molar-refractivity contribution is -0.137. The van der Waals surface area contributed by atoms with Crippen molar-refractivity contribution >= 4 is 17.7 Å². The van der Waals surface area contributed by atoms with Crippen LogP contribution in [0, 0.1) is 5.82 Å². The van der Waals surface area contributed by atoms with Gasteiger partial charge in [-0.2, -0.15) is 23.3 Å². The highest BCUT2D eigenvalue weighted by Gasteiger charge is 2.30. The number of halogens is 4. The molecule has 0 N–H and O–H groups in total. The Morgan fingerprint density at radius 2 is 1.52 bits per heavy atom. The number of aromatic nitrogens is 4. The molecular weight excluding hydrogens is 618 g/mol. The van der Waals surface area contributed by atoms with Crippen LogP contribution in [-0.4, -0.2) is 30.6 Å². The molecule has 0 atom stereocenters. The van der Waals surface area contributed by atoms with Gasteiger partial charge < -0.3 is 4.90 Å². The van der Waals surface area contributed by atoms with Crippen molar-refractivity contribution in [2.24, 2.45) is 0 Å². The molecule has 12 heteroatoms. The summed E-state index contributed by atoms with van der Waals surface area (Å²) in [5, 5.41) is 4.71. The van der Waals surface area contributed by atoms with Crippen LogP contribution in [0.25, 0.3) is 11.1 Å². The summed E-state index contributed by atoms with van der Waals surface area (Å²) in [6.07, 6.45) is -2.43. The molecule has 0 aliphatic carbocycles. The van der Waals surface area contributed by atoms with Gasteiger partial charge in [-0.25, -0.2) is 9.07 Å². The fraction of sp³-hybridized carbons (Fsp3) is 0.206. The first-order valence-electron chi connectivity index (χ1n) is 14.4. The lowest BCUT2D eigenvalue weighted by Crippen LogP contribution is -2.35. The maximum absolute atomic E-state index is 13.9. The quantitative estimate of drug-likeness (QED) is 0.114. The molecule has 0 unspecified atom stereocenters. The van der Waals surface area contributed by atoms with Crippen LogP contribution in [0.4, 0.5) is 17.6 Å². The van der Waals surface area contributed by atoms with Crippen molar-refractivity contribution < 1.29 is 22.4 Å². The molecule has 5 rings (SSSR count). The summed E-state index contributed by atoms with van der Waals surface area (Å²) in [7, 11) is 0. The Morgan fingerprint density at radius 1 is 0.870 bits per heavy atom. The standard InChI is InChI=1S/C34H29F4N5O2S/c1-2-30-32(45)40-33(46-22-24-8-16-28(35)17-9-24)43(41-30)21-31(44)42(20-29-5-3-4-18-39-29)19-23-6-10-25(11-7-23)26-12-14-27(15-13-26)34(36,37)38/h3-18H,2,19-22H2,1H3. The monoisotopic (exact) mass is 647 g/mol. The minimum absolute atomic E-state index is 0.192. The van der Waals surface area contributed by atoms with Gasteiger partial charge in [-0.05, 0) is 65.1 Å². The van der Waals surface area contributed by atoms with Crippen LogP contribution in [0.5, 0.6) is 0 Å². The average molecular weight is 648 g/mol. The number of nitrogens with zero attached hydrogens (tertiary/aromatic N) is 5. The van der Waals surface area contributed by atoms with Crippen LogP contribution in [0.3, 0.4) is 0 Å². The molecule has 1 amide bonds. The molecule has 0 fully saturated rings. The molecular formula is C34H29F4N5O2S. The Balaban J connectivity index is 1.37. The van der Waals surface area contributed by atoms with Gasteiger partial charge in [0.05, 0.1) is 17.8 Å². The highest BCUT2D eigenvalue weighted by atomic mass is 32.2. The van der Waals surface area contributed by atoms with Gasteiger partial charge in [0.25, 0.3) is 5.56 Å². The Morgan fingerprint density at radius 3 is 2.13 bits per heavy atom. The third kappa shape index (κ3) is 8.45. The number of carbonyl (C=O) groups is 1. The van der Waals surface area contributed by atoms with E-state index in [-0.39, 0.29) is 42.2 Å². The number of amides is 1. The van der Waals surface area contributed by atoms with Crippen LogP contribution in [0.15, 0.2) is 107 Å². The van der Waals surface area contributed by atoms with E-state index < -0.39 is 17.3 Å².